The van der Waals surface area contributed by atoms with E-state index >= 15 is 0 Å². The van der Waals surface area contributed by atoms with E-state index in [0.29, 0.717) is 0 Å². The molecule has 0 radical (unpaired) electrons. The zero-order valence-corrected chi connectivity index (χ0v) is 5.72. The van der Waals surface area contributed by atoms with Crippen molar-refractivity contribution >= 4 is 6.29 Å². The molecule has 3 nitrogen and oxygen atoms in total. The van der Waals surface area contributed by atoms with Crippen LogP contribution in [0, 0.1) is 11.3 Å². The number of rotatable bonds is 2. The third kappa shape index (κ3) is 2.62. The molecule has 0 aliphatic carbocycles. The Hall–Kier alpha value is -1.51. The summed E-state index contributed by atoms with van der Waals surface area (Å²) < 4.78 is 34.9. The third-order valence-corrected chi connectivity index (χ3v) is 0.977. The number of halogens is 3. The van der Waals surface area contributed by atoms with Crippen LogP contribution < -0.4 is 0 Å². The van der Waals surface area contributed by atoms with Gasteiger partial charge in [-0.3, -0.25) is 0 Å². The van der Waals surface area contributed by atoms with Crippen molar-refractivity contribution in [3.8, 4) is 6.07 Å². The monoisotopic (exact) mass is 179 g/mol. The van der Waals surface area contributed by atoms with Gasteiger partial charge in [-0.25, -0.2) is 0 Å². The first kappa shape index (κ1) is 10.5. The Morgan fingerprint density at radius 1 is 1.58 bits per heavy atom. The van der Waals surface area contributed by atoms with Gasteiger partial charge >= 0.3 is 6.18 Å². The number of aldehydes is 1. The number of allylic oxidation sites excluding steroid dienone is 2. The molecule has 0 amide bonds. The lowest BCUT2D eigenvalue weighted by Crippen LogP contribution is -2.13. The summed E-state index contributed by atoms with van der Waals surface area (Å²) in [4.78, 5) is 9.74. The molecule has 6 heteroatoms. The van der Waals surface area contributed by atoms with Crippen LogP contribution in [0.3, 0.4) is 0 Å². The van der Waals surface area contributed by atoms with Crippen LogP contribution in [0.4, 0.5) is 13.2 Å². The Balaban J connectivity index is 4.87. The van der Waals surface area contributed by atoms with Crippen LogP contribution in [0.1, 0.15) is 6.42 Å². The zero-order valence-electron chi connectivity index (χ0n) is 5.72. The van der Waals surface area contributed by atoms with Gasteiger partial charge in [0.25, 0.3) is 0 Å². The van der Waals surface area contributed by atoms with Crippen LogP contribution in [-0.2, 0) is 4.79 Å². The Morgan fingerprint density at radius 3 is 2.33 bits per heavy atom. The van der Waals surface area contributed by atoms with E-state index in [1.165, 1.54) is 0 Å². The van der Waals surface area contributed by atoms with Crippen molar-refractivity contribution < 1.29 is 23.1 Å². The topological polar surface area (TPSA) is 61.1 Å². The second-order valence-corrected chi connectivity index (χ2v) is 1.81. The maximum Gasteiger partial charge on any atom is 0.449 e. The van der Waals surface area contributed by atoms with E-state index in [4.69, 9.17) is 10.4 Å². The number of alkyl halides is 3. The first-order valence-electron chi connectivity index (χ1n) is 2.76. The summed E-state index contributed by atoms with van der Waals surface area (Å²) in [5.41, 5.74) is -0.975. The lowest BCUT2D eigenvalue weighted by atomic mass is 10.2. The van der Waals surface area contributed by atoms with Crippen molar-refractivity contribution in [1.29, 1.82) is 5.26 Å². The predicted octanol–water partition coefficient (Wildman–Crippen LogP) is 1.47. The van der Waals surface area contributed by atoms with Gasteiger partial charge < -0.3 is 9.90 Å². The molecule has 0 aromatic heterocycles. The summed E-state index contributed by atoms with van der Waals surface area (Å²) >= 11 is 0. The van der Waals surface area contributed by atoms with Crippen molar-refractivity contribution in [2.75, 3.05) is 0 Å². The normalized spacial score (nSPS) is 13.2. The minimum atomic E-state index is -4.96. The lowest BCUT2D eigenvalue weighted by Gasteiger charge is -2.05. The number of nitriles is 1. The standard InChI is InChI=1S/C6H4F3NO2/c7-6(8,9)5(12)4(3-10)1-2-11/h2,12H,1H2/b5-4+. The van der Waals surface area contributed by atoms with Gasteiger partial charge in [-0.15, -0.1) is 0 Å². The number of aliphatic hydroxyl groups is 1. The molecule has 0 rings (SSSR count). The molecular weight excluding hydrogens is 175 g/mol. The Morgan fingerprint density at radius 2 is 2.08 bits per heavy atom. The number of carbonyl (C=O) groups is 1. The molecule has 0 spiro atoms. The third-order valence-electron chi connectivity index (χ3n) is 0.977. The molecule has 12 heavy (non-hydrogen) atoms. The molecule has 1 N–H and O–H groups in total. The average Bonchev–Trinajstić information content (AvgIpc) is 1.97. The lowest BCUT2D eigenvalue weighted by molar-refractivity contribution is -0.121. The van der Waals surface area contributed by atoms with Gasteiger partial charge in [0.2, 0.25) is 5.76 Å². The van der Waals surface area contributed by atoms with Gasteiger partial charge in [0.15, 0.2) is 0 Å². The fraction of sp³-hybridized carbons (Fsp3) is 0.333. The van der Waals surface area contributed by atoms with Crippen molar-refractivity contribution in [2.45, 2.75) is 12.6 Å². The van der Waals surface area contributed by atoms with E-state index in [-0.39, 0.29) is 6.29 Å². The molecule has 66 valence electrons. The summed E-state index contributed by atoms with van der Waals surface area (Å²) in [6.45, 7) is 0. The summed E-state index contributed by atoms with van der Waals surface area (Å²) in [5, 5.41) is 16.4. The van der Waals surface area contributed by atoms with Crippen LogP contribution in [0.5, 0.6) is 0 Å². The summed E-state index contributed by atoms with van der Waals surface area (Å²) in [6, 6.07) is 1.09. The molecular formula is C6H4F3NO2. The van der Waals surface area contributed by atoms with Crippen molar-refractivity contribution in [3.63, 3.8) is 0 Å². The van der Waals surface area contributed by atoms with Gasteiger partial charge in [0, 0.05) is 6.42 Å². The second-order valence-electron chi connectivity index (χ2n) is 1.81. The van der Waals surface area contributed by atoms with Crippen molar-refractivity contribution in [1.82, 2.24) is 0 Å². The molecule has 0 fully saturated rings. The molecule has 0 aromatic rings. The molecule has 0 aliphatic heterocycles. The van der Waals surface area contributed by atoms with Gasteiger partial charge in [0.1, 0.15) is 6.29 Å². The maximum atomic E-state index is 11.6. The molecule has 0 aromatic carbocycles. The smallest absolute Gasteiger partial charge is 0.449 e. The summed E-state index contributed by atoms with van der Waals surface area (Å²) in [5.74, 6) is -2.00. The second kappa shape index (κ2) is 3.76. The number of carbonyl (C=O) groups excluding carboxylic acids is 1. The first-order valence-corrected chi connectivity index (χ1v) is 2.76. The van der Waals surface area contributed by atoms with Crippen molar-refractivity contribution in [2.24, 2.45) is 0 Å². The molecule has 0 bridgehead atoms. The number of aliphatic hydroxyl groups excluding tert-OH is 1. The minimum Gasteiger partial charge on any atom is -0.504 e. The van der Waals surface area contributed by atoms with Crippen molar-refractivity contribution in [3.05, 3.63) is 11.3 Å². The van der Waals surface area contributed by atoms with E-state index < -0.39 is 23.9 Å². The Kier molecular flexibility index (Phi) is 3.29. The van der Waals surface area contributed by atoms with Gasteiger partial charge in [-0.2, -0.15) is 18.4 Å². The molecule has 0 saturated heterocycles. The highest BCUT2D eigenvalue weighted by Crippen LogP contribution is 2.26. The quantitative estimate of drug-likeness (QED) is 0.396. The number of hydrogen-bond acceptors (Lipinski definition) is 3. The van der Waals surface area contributed by atoms with E-state index in [1.54, 1.807) is 0 Å². The molecule has 0 heterocycles. The highest BCUT2D eigenvalue weighted by atomic mass is 19.4. The fourth-order valence-electron chi connectivity index (χ4n) is 0.450. The van der Waals surface area contributed by atoms with Crippen LogP contribution in [0.2, 0.25) is 0 Å². The SMILES string of the molecule is N#C/C(CC=O)=C(/O)C(F)(F)F. The highest BCUT2D eigenvalue weighted by molar-refractivity contribution is 5.57. The van der Waals surface area contributed by atoms with Crippen LogP contribution in [0.15, 0.2) is 11.3 Å². The summed E-state index contributed by atoms with van der Waals surface area (Å²) in [7, 11) is 0. The highest BCUT2D eigenvalue weighted by Gasteiger charge is 2.36. The fourth-order valence-corrected chi connectivity index (χ4v) is 0.450. The van der Waals surface area contributed by atoms with Gasteiger partial charge in [0.05, 0.1) is 11.6 Å². The molecule has 0 unspecified atom stereocenters. The summed E-state index contributed by atoms with van der Waals surface area (Å²) in [6.07, 6.45) is -5.59. The van der Waals surface area contributed by atoms with Crippen LogP contribution >= 0.6 is 0 Å². The predicted molar refractivity (Wildman–Crippen MR) is 32.0 cm³/mol. The van der Waals surface area contributed by atoms with Gasteiger partial charge in [-0.05, 0) is 0 Å². The zero-order chi connectivity index (χ0) is 9.78. The minimum absolute atomic E-state index is 0.112. The Bertz CT molecular complexity index is 248. The molecule has 0 atom stereocenters. The molecule has 0 aliphatic rings. The van der Waals surface area contributed by atoms with Crippen LogP contribution in [-0.4, -0.2) is 17.6 Å². The van der Waals surface area contributed by atoms with Gasteiger partial charge in [-0.1, -0.05) is 0 Å². The number of nitrogens with zero attached hydrogens (tertiary/aromatic N) is 1. The van der Waals surface area contributed by atoms with E-state index in [9.17, 15) is 18.0 Å². The maximum absolute atomic E-state index is 11.6. The average molecular weight is 179 g/mol. The Labute approximate surface area is 65.7 Å². The van der Waals surface area contributed by atoms with E-state index in [1.807, 2.05) is 0 Å². The van der Waals surface area contributed by atoms with Crippen LogP contribution in [0.25, 0.3) is 0 Å². The van der Waals surface area contributed by atoms with E-state index in [0.717, 1.165) is 6.07 Å². The first-order chi connectivity index (χ1) is 5.43. The largest absolute Gasteiger partial charge is 0.504 e. The number of hydrogen-bond donors (Lipinski definition) is 1. The molecule has 0 saturated carbocycles. The van der Waals surface area contributed by atoms with E-state index in [2.05, 4.69) is 0 Å².